The lowest BCUT2D eigenvalue weighted by molar-refractivity contribution is -0.150. The molecule has 2 amide bonds. The number of carbonyl (C=O) groups excluding carboxylic acids is 3. The quantitative estimate of drug-likeness (QED) is 0.0279. The van der Waals surface area contributed by atoms with Gasteiger partial charge in [-0.2, -0.15) is 0 Å². The summed E-state index contributed by atoms with van der Waals surface area (Å²) in [6, 6.07) is -1.38. The summed E-state index contributed by atoms with van der Waals surface area (Å²) in [4.78, 5) is 47.3. The van der Waals surface area contributed by atoms with Gasteiger partial charge in [-0.3, -0.25) is 14.4 Å². The van der Waals surface area contributed by atoms with Gasteiger partial charge < -0.3 is 25.6 Å². The fourth-order valence-electron chi connectivity index (χ4n) is 6.42. The third-order valence-electron chi connectivity index (χ3n) is 9.76. The minimum atomic E-state index is -1.38. The standard InChI is InChI=1S/C43H80N2O7/c1-3-5-7-9-10-11-12-13-14-15-16-17-18-19-20-21-22-23-24-25-31-35-42(49)52-38(32-28-8-6-4-2)33-29-26-27-30-34-40(47)44-36-41(48)45-39(37-46)43(50)51/h15-16,38-39,46H,3-14,17-37H2,1-2H3,(H,44,47)(H,45,48)(H,50,51)/b16-15-. The van der Waals surface area contributed by atoms with Crippen LogP contribution >= 0.6 is 0 Å². The SMILES string of the molecule is CCCCCCCCCC/C=C\CCCCCCCCCCCC(=O)OC(CCCCCC)CCCCCCC(=O)NCC(=O)NC(CO)C(=O)O. The number of carboxylic acid groups (broad SMARTS) is 1. The highest BCUT2D eigenvalue weighted by Crippen LogP contribution is 2.18. The van der Waals surface area contributed by atoms with Crippen LogP contribution in [0.1, 0.15) is 213 Å². The third-order valence-corrected chi connectivity index (χ3v) is 9.76. The average Bonchev–Trinajstić information content (AvgIpc) is 3.13. The van der Waals surface area contributed by atoms with E-state index < -0.39 is 24.5 Å². The highest BCUT2D eigenvalue weighted by atomic mass is 16.5. The Kier molecular flexibility index (Phi) is 36.5. The van der Waals surface area contributed by atoms with Gasteiger partial charge in [-0.05, 0) is 64.2 Å². The molecule has 0 aromatic heterocycles. The molecule has 0 bridgehead atoms. The lowest BCUT2D eigenvalue weighted by Crippen LogP contribution is -2.47. The number of aliphatic carboxylic acids is 1. The number of nitrogens with one attached hydrogen (secondary N) is 2. The van der Waals surface area contributed by atoms with Gasteiger partial charge >= 0.3 is 11.9 Å². The summed E-state index contributed by atoms with van der Waals surface area (Å²) in [5.41, 5.74) is 0. The lowest BCUT2D eigenvalue weighted by Gasteiger charge is -2.18. The van der Waals surface area contributed by atoms with Crippen molar-refractivity contribution in [3.63, 3.8) is 0 Å². The van der Waals surface area contributed by atoms with Crippen LogP contribution in [0.4, 0.5) is 0 Å². The third kappa shape index (κ3) is 34.7. The normalized spacial score (nSPS) is 12.5. The van der Waals surface area contributed by atoms with E-state index in [9.17, 15) is 19.2 Å². The van der Waals surface area contributed by atoms with Crippen molar-refractivity contribution in [1.82, 2.24) is 10.6 Å². The molecule has 0 aliphatic heterocycles. The van der Waals surface area contributed by atoms with Crippen molar-refractivity contribution in [2.45, 2.75) is 225 Å². The predicted molar refractivity (Wildman–Crippen MR) is 213 cm³/mol. The Morgan fingerprint density at radius 3 is 1.46 bits per heavy atom. The van der Waals surface area contributed by atoms with Crippen molar-refractivity contribution in [2.24, 2.45) is 0 Å². The molecule has 9 nitrogen and oxygen atoms in total. The lowest BCUT2D eigenvalue weighted by atomic mass is 10.0. The van der Waals surface area contributed by atoms with Crippen LogP contribution in [-0.2, 0) is 23.9 Å². The number of amides is 2. The zero-order valence-electron chi connectivity index (χ0n) is 33.6. The molecule has 0 heterocycles. The Hall–Kier alpha value is -2.42. The molecule has 2 atom stereocenters. The van der Waals surface area contributed by atoms with Crippen LogP contribution in [0.15, 0.2) is 12.2 Å². The maximum absolute atomic E-state index is 12.6. The molecular weight excluding hydrogens is 656 g/mol. The molecule has 0 aliphatic carbocycles. The molecule has 0 aliphatic rings. The zero-order valence-corrected chi connectivity index (χ0v) is 33.6. The number of esters is 1. The molecule has 0 aromatic carbocycles. The number of hydrogen-bond donors (Lipinski definition) is 4. The fourth-order valence-corrected chi connectivity index (χ4v) is 6.42. The zero-order chi connectivity index (χ0) is 38.3. The highest BCUT2D eigenvalue weighted by molar-refractivity contribution is 5.87. The monoisotopic (exact) mass is 737 g/mol. The van der Waals surface area contributed by atoms with Crippen LogP contribution in [0.25, 0.3) is 0 Å². The molecule has 4 N–H and O–H groups in total. The topological polar surface area (TPSA) is 142 Å². The van der Waals surface area contributed by atoms with Crippen LogP contribution < -0.4 is 10.6 Å². The van der Waals surface area contributed by atoms with Gasteiger partial charge in [0.05, 0.1) is 13.2 Å². The largest absolute Gasteiger partial charge is 0.480 e. The van der Waals surface area contributed by atoms with E-state index in [1.165, 1.54) is 122 Å². The summed E-state index contributed by atoms with van der Waals surface area (Å²) in [5.74, 6) is -2.33. The van der Waals surface area contributed by atoms with Gasteiger partial charge in [0.2, 0.25) is 11.8 Å². The Balaban J connectivity index is 3.90. The number of hydrogen-bond acceptors (Lipinski definition) is 6. The van der Waals surface area contributed by atoms with Crippen molar-refractivity contribution in [3.8, 4) is 0 Å². The minimum Gasteiger partial charge on any atom is -0.480 e. The van der Waals surface area contributed by atoms with Crippen LogP contribution in [-0.4, -0.2) is 59.3 Å². The molecule has 0 spiro atoms. The molecule has 52 heavy (non-hydrogen) atoms. The summed E-state index contributed by atoms with van der Waals surface area (Å²) in [5, 5.41) is 22.5. The van der Waals surface area contributed by atoms with Crippen molar-refractivity contribution >= 4 is 23.8 Å². The van der Waals surface area contributed by atoms with Gasteiger partial charge in [0, 0.05) is 12.8 Å². The maximum atomic E-state index is 12.6. The predicted octanol–water partition coefficient (Wildman–Crippen LogP) is 10.3. The number of unbranched alkanes of at least 4 members (excludes halogenated alkanes) is 23. The first-order chi connectivity index (χ1) is 25.3. The summed E-state index contributed by atoms with van der Waals surface area (Å²) >= 11 is 0. The van der Waals surface area contributed by atoms with E-state index in [4.69, 9.17) is 14.9 Å². The van der Waals surface area contributed by atoms with Crippen molar-refractivity contribution in [3.05, 3.63) is 12.2 Å². The molecule has 0 saturated heterocycles. The van der Waals surface area contributed by atoms with E-state index in [0.717, 1.165) is 57.8 Å². The van der Waals surface area contributed by atoms with Crippen molar-refractivity contribution in [2.75, 3.05) is 13.2 Å². The van der Waals surface area contributed by atoms with Crippen molar-refractivity contribution in [1.29, 1.82) is 0 Å². The second kappa shape index (κ2) is 38.3. The number of carboxylic acids is 1. The Morgan fingerprint density at radius 2 is 0.981 bits per heavy atom. The van der Waals surface area contributed by atoms with Crippen LogP contribution in [0.3, 0.4) is 0 Å². The van der Waals surface area contributed by atoms with E-state index in [2.05, 4.69) is 36.6 Å². The summed E-state index contributed by atoms with van der Waals surface area (Å²) in [6.45, 7) is 3.42. The smallest absolute Gasteiger partial charge is 0.328 e. The summed E-state index contributed by atoms with van der Waals surface area (Å²) in [7, 11) is 0. The number of rotatable bonds is 39. The molecule has 0 rings (SSSR count). The second-order valence-electron chi connectivity index (χ2n) is 14.8. The number of ether oxygens (including phenoxy) is 1. The van der Waals surface area contributed by atoms with E-state index in [0.29, 0.717) is 12.8 Å². The van der Waals surface area contributed by atoms with Gasteiger partial charge in [0.15, 0.2) is 0 Å². The van der Waals surface area contributed by atoms with Gasteiger partial charge in [0.1, 0.15) is 12.1 Å². The first-order valence-corrected chi connectivity index (χ1v) is 21.6. The first-order valence-electron chi connectivity index (χ1n) is 21.6. The van der Waals surface area contributed by atoms with Crippen LogP contribution in [0.5, 0.6) is 0 Å². The molecule has 304 valence electrons. The first kappa shape index (κ1) is 49.6. The van der Waals surface area contributed by atoms with Gasteiger partial charge in [-0.1, -0.05) is 148 Å². The number of aliphatic hydroxyl groups excluding tert-OH is 1. The average molecular weight is 737 g/mol. The Morgan fingerprint density at radius 1 is 0.558 bits per heavy atom. The van der Waals surface area contributed by atoms with Gasteiger partial charge in [-0.25, -0.2) is 4.79 Å². The summed E-state index contributed by atoms with van der Waals surface area (Å²) in [6.07, 6.45) is 39.9. The number of aliphatic hydroxyl groups is 1. The van der Waals surface area contributed by atoms with Crippen LogP contribution in [0.2, 0.25) is 0 Å². The number of allylic oxidation sites excluding steroid dienone is 2. The van der Waals surface area contributed by atoms with Crippen LogP contribution in [0, 0.1) is 0 Å². The minimum absolute atomic E-state index is 0.0369. The molecule has 0 fully saturated rings. The van der Waals surface area contributed by atoms with E-state index >= 15 is 0 Å². The maximum Gasteiger partial charge on any atom is 0.328 e. The molecule has 2 unspecified atom stereocenters. The summed E-state index contributed by atoms with van der Waals surface area (Å²) < 4.78 is 5.93. The Labute approximate surface area is 318 Å². The molecule has 9 heteroatoms. The molecule has 0 saturated carbocycles. The van der Waals surface area contributed by atoms with Crippen molar-refractivity contribution < 1.29 is 34.1 Å². The molecule has 0 radical (unpaired) electrons. The van der Waals surface area contributed by atoms with E-state index in [1.807, 2.05) is 0 Å². The molecule has 0 aromatic rings. The van der Waals surface area contributed by atoms with Gasteiger partial charge in [-0.15, -0.1) is 0 Å². The van der Waals surface area contributed by atoms with E-state index in [1.54, 1.807) is 0 Å². The van der Waals surface area contributed by atoms with E-state index in [-0.39, 0.29) is 30.9 Å². The fraction of sp³-hybridized carbons (Fsp3) is 0.860. The molecular formula is C43H80N2O7. The highest BCUT2D eigenvalue weighted by Gasteiger charge is 2.19. The van der Waals surface area contributed by atoms with Gasteiger partial charge in [0.25, 0.3) is 0 Å². The number of carbonyl (C=O) groups is 4. The Bertz CT molecular complexity index is 895. The second-order valence-corrected chi connectivity index (χ2v) is 14.8.